The lowest BCUT2D eigenvalue weighted by molar-refractivity contribution is -1.05. The number of likely N-dealkylation sites (N-methyl/N-ethyl adjacent to an activating group) is 2. The van der Waals surface area contributed by atoms with Gasteiger partial charge in [-0.15, -0.1) is 0 Å². The SMILES string of the molecule is CC(C)(C)[N+]1(C)CC[N+](C)(C(C)(C)C)CC1. The summed E-state index contributed by atoms with van der Waals surface area (Å²) in [5, 5.41) is 0. The maximum atomic E-state index is 2.42. The molecule has 0 radical (unpaired) electrons. The molecule has 0 spiro atoms. The number of hydrogen-bond acceptors (Lipinski definition) is 0. The molecule has 1 aliphatic rings. The van der Waals surface area contributed by atoms with E-state index < -0.39 is 0 Å². The molecule has 0 bridgehead atoms. The van der Waals surface area contributed by atoms with Crippen molar-refractivity contribution in [2.24, 2.45) is 0 Å². The highest BCUT2D eigenvalue weighted by atomic mass is 15.5. The van der Waals surface area contributed by atoms with Crippen molar-refractivity contribution in [2.45, 2.75) is 52.6 Å². The van der Waals surface area contributed by atoms with Gasteiger partial charge in [-0.1, -0.05) is 0 Å². The number of rotatable bonds is 0. The summed E-state index contributed by atoms with van der Waals surface area (Å²) in [5.74, 6) is 0. The van der Waals surface area contributed by atoms with Gasteiger partial charge in [0.2, 0.25) is 0 Å². The summed E-state index contributed by atoms with van der Waals surface area (Å²) >= 11 is 0. The molecule has 1 aliphatic heterocycles. The quantitative estimate of drug-likeness (QED) is 0.559. The molecule has 0 aromatic heterocycles. The minimum absolute atomic E-state index is 0.378. The minimum atomic E-state index is 0.378. The van der Waals surface area contributed by atoms with Crippen LogP contribution in [0.5, 0.6) is 0 Å². The van der Waals surface area contributed by atoms with Crippen molar-refractivity contribution in [1.29, 1.82) is 0 Å². The van der Waals surface area contributed by atoms with Crippen LogP contribution in [-0.4, -0.2) is 60.3 Å². The van der Waals surface area contributed by atoms with Gasteiger partial charge < -0.3 is 8.97 Å². The molecule has 0 aromatic carbocycles. The second-order valence-corrected chi connectivity index (χ2v) is 8.03. The largest absolute Gasteiger partial charge is 0.313 e. The maximum Gasteiger partial charge on any atom is 0.129 e. The fourth-order valence-corrected chi connectivity index (χ4v) is 2.45. The third-order valence-corrected chi connectivity index (χ3v) is 5.41. The van der Waals surface area contributed by atoms with Crippen molar-refractivity contribution in [3.63, 3.8) is 0 Å². The molecule has 96 valence electrons. The van der Waals surface area contributed by atoms with Gasteiger partial charge in [-0.3, -0.25) is 0 Å². The fourth-order valence-electron chi connectivity index (χ4n) is 2.45. The molecular weight excluding hydrogens is 196 g/mol. The van der Waals surface area contributed by atoms with E-state index in [1.807, 2.05) is 0 Å². The van der Waals surface area contributed by atoms with Crippen LogP contribution in [0, 0.1) is 0 Å². The van der Waals surface area contributed by atoms with Crippen molar-refractivity contribution in [2.75, 3.05) is 40.3 Å². The first-order chi connectivity index (χ1) is 6.91. The number of quaternary nitrogens is 2. The molecule has 1 fully saturated rings. The van der Waals surface area contributed by atoms with Crippen LogP contribution >= 0.6 is 0 Å². The van der Waals surface area contributed by atoms with Crippen LogP contribution in [0.2, 0.25) is 0 Å². The molecular formula is C14H32N2+2. The topological polar surface area (TPSA) is 0 Å². The molecule has 0 unspecified atom stereocenters. The summed E-state index contributed by atoms with van der Waals surface area (Å²) < 4.78 is 2.44. The van der Waals surface area contributed by atoms with Gasteiger partial charge in [-0.05, 0) is 41.5 Å². The summed E-state index contributed by atoms with van der Waals surface area (Å²) in [7, 11) is 4.85. The zero-order valence-corrected chi connectivity index (χ0v) is 12.7. The Morgan fingerprint density at radius 1 is 0.562 bits per heavy atom. The maximum absolute atomic E-state index is 2.42. The molecule has 0 N–H and O–H groups in total. The Labute approximate surface area is 102 Å². The van der Waals surface area contributed by atoms with Gasteiger partial charge in [-0.25, -0.2) is 0 Å². The third-order valence-electron chi connectivity index (χ3n) is 5.41. The van der Waals surface area contributed by atoms with Gasteiger partial charge in [0.1, 0.15) is 26.2 Å². The molecule has 0 amide bonds. The van der Waals surface area contributed by atoms with Crippen LogP contribution in [0.25, 0.3) is 0 Å². The van der Waals surface area contributed by atoms with Crippen LogP contribution in [0.15, 0.2) is 0 Å². The number of hydrogen-bond donors (Lipinski definition) is 0. The monoisotopic (exact) mass is 228 g/mol. The number of nitrogens with zero attached hydrogens (tertiary/aromatic N) is 2. The highest BCUT2D eigenvalue weighted by molar-refractivity contribution is 4.69. The van der Waals surface area contributed by atoms with Crippen molar-refractivity contribution >= 4 is 0 Å². The first-order valence-electron chi connectivity index (χ1n) is 6.61. The van der Waals surface area contributed by atoms with Crippen molar-refractivity contribution < 1.29 is 8.97 Å². The molecule has 1 rings (SSSR count). The molecule has 0 aliphatic carbocycles. The van der Waals surface area contributed by atoms with E-state index in [9.17, 15) is 0 Å². The molecule has 0 aromatic rings. The van der Waals surface area contributed by atoms with Gasteiger partial charge in [0.05, 0.1) is 25.2 Å². The zero-order valence-electron chi connectivity index (χ0n) is 12.7. The zero-order chi connectivity index (χ0) is 12.8. The lowest BCUT2D eigenvalue weighted by Gasteiger charge is -2.56. The smallest absolute Gasteiger partial charge is 0.129 e. The molecule has 1 heterocycles. The van der Waals surface area contributed by atoms with Gasteiger partial charge in [0.25, 0.3) is 0 Å². The van der Waals surface area contributed by atoms with E-state index in [1.165, 1.54) is 35.1 Å². The Bertz CT molecular complexity index is 219. The Morgan fingerprint density at radius 2 is 0.750 bits per heavy atom. The Hall–Kier alpha value is -0.0800. The molecule has 2 heteroatoms. The van der Waals surface area contributed by atoms with Crippen molar-refractivity contribution in [3.8, 4) is 0 Å². The lowest BCUT2D eigenvalue weighted by Crippen LogP contribution is -2.73. The standard InChI is InChI=1S/C14H32N2/c1-13(2,3)15(7)9-11-16(8,12-10-15)14(4,5)6/h9-12H2,1-8H3/q+2. The van der Waals surface area contributed by atoms with Crippen molar-refractivity contribution in [1.82, 2.24) is 0 Å². The second kappa shape index (κ2) is 3.71. The first kappa shape index (κ1) is 14.0. The van der Waals surface area contributed by atoms with E-state index in [4.69, 9.17) is 0 Å². The Kier molecular flexibility index (Phi) is 3.24. The van der Waals surface area contributed by atoms with Crippen LogP contribution < -0.4 is 0 Å². The van der Waals surface area contributed by atoms with Crippen molar-refractivity contribution in [3.05, 3.63) is 0 Å². The second-order valence-electron chi connectivity index (χ2n) is 8.03. The summed E-state index contributed by atoms with van der Waals surface area (Å²) in [5.41, 5.74) is 0.756. The van der Waals surface area contributed by atoms with Crippen LogP contribution in [0.4, 0.5) is 0 Å². The minimum Gasteiger partial charge on any atom is -0.313 e. The highest BCUT2D eigenvalue weighted by Crippen LogP contribution is 2.31. The Morgan fingerprint density at radius 3 is 0.875 bits per heavy atom. The fraction of sp³-hybridized carbons (Fsp3) is 1.00. The molecule has 1 saturated heterocycles. The summed E-state index contributed by atoms with van der Waals surface area (Å²) in [6, 6.07) is 0. The van der Waals surface area contributed by atoms with Gasteiger partial charge in [-0.2, -0.15) is 0 Å². The van der Waals surface area contributed by atoms with E-state index in [0.29, 0.717) is 11.1 Å². The van der Waals surface area contributed by atoms with E-state index in [1.54, 1.807) is 0 Å². The van der Waals surface area contributed by atoms with Crippen LogP contribution in [-0.2, 0) is 0 Å². The molecule has 16 heavy (non-hydrogen) atoms. The summed E-state index contributed by atoms with van der Waals surface area (Å²) in [4.78, 5) is 0. The van der Waals surface area contributed by atoms with E-state index in [-0.39, 0.29) is 0 Å². The predicted octanol–water partition coefficient (Wildman–Crippen LogP) is 2.49. The number of piperazine rings is 1. The van der Waals surface area contributed by atoms with Gasteiger partial charge in [0, 0.05) is 0 Å². The average Bonchev–Trinajstić information content (AvgIpc) is 2.07. The average molecular weight is 228 g/mol. The summed E-state index contributed by atoms with van der Waals surface area (Å²) in [6.07, 6.45) is 0. The first-order valence-corrected chi connectivity index (χ1v) is 6.61. The normalized spacial score (nSPS) is 37.5. The van der Waals surface area contributed by atoms with Crippen LogP contribution in [0.3, 0.4) is 0 Å². The van der Waals surface area contributed by atoms with E-state index >= 15 is 0 Å². The van der Waals surface area contributed by atoms with E-state index in [0.717, 1.165) is 0 Å². The molecule has 0 saturated carbocycles. The van der Waals surface area contributed by atoms with Crippen LogP contribution in [0.1, 0.15) is 41.5 Å². The van der Waals surface area contributed by atoms with Gasteiger partial charge >= 0.3 is 0 Å². The Balaban J connectivity index is 2.79. The van der Waals surface area contributed by atoms with Gasteiger partial charge in [0.15, 0.2) is 0 Å². The molecule has 2 nitrogen and oxygen atoms in total. The molecule has 0 atom stereocenters. The van der Waals surface area contributed by atoms with E-state index in [2.05, 4.69) is 55.6 Å². The lowest BCUT2D eigenvalue weighted by atomic mass is 9.96. The third kappa shape index (κ3) is 2.28. The summed E-state index contributed by atoms with van der Waals surface area (Å²) in [6.45, 7) is 19.5. The predicted molar refractivity (Wildman–Crippen MR) is 71.3 cm³/mol. The highest BCUT2D eigenvalue weighted by Gasteiger charge is 2.47.